The number of hydrazine groups is 1. The van der Waals surface area contributed by atoms with Crippen LogP contribution in [0.2, 0.25) is 0 Å². The highest BCUT2D eigenvalue weighted by atomic mass is 16.2. The first kappa shape index (κ1) is 15.6. The largest absolute Gasteiger partial charge is 0.366 e. The van der Waals surface area contributed by atoms with Crippen molar-refractivity contribution >= 4 is 22.7 Å². The summed E-state index contributed by atoms with van der Waals surface area (Å²) in [6.45, 7) is 5.77. The molecule has 6 nitrogen and oxygen atoms in total. The number of hydrogen-bond acceptors (Lipinski definition) is 3. The molecule has 23 heavy (non-hydrogen) atoms. The van der Waals surface area contributed by atoms with Gasteiger partial charge in [-0.15, -0.1) is 0 Å². The first-order valence-corrected chi connectivity index (χ1v) is 7.98. The number of hydrogen-bond donors (Lipinski definition) is 3. The molecule has 0 aliphatic carbocycles. The molecule has 0 bridgehead atoms. The molecule has 0 radical (unpaired) electrons. The number of nitrogens with one attached hydrogen (secondary N) is 2. The minimum absolute atomic E-state index is 0.130. The van der Waals surface area contributed by atoms with Gasteiger partial charge in [-0.2, -0.15) is 0 Å². The van der Waals surface area contributed by atoms with Gasteiger partial charge < -0.3 is 10.7 Å². The van der Waals surface area contributed by atoms with Crippen LogP contribution in [0.5, 0.6) is 0 Å². The Hall–Kier alpha value is -2.34. The van der Waals surface area contributed by atoms with Gasteiger partial charge >= 0.3 is 0 Å². The normalized spacial score (nSPS) is 15.4. The maximum absolute atomic E-state index is 12.3. The summed E-state index contributed by atoms with van der Waals surface area (Å²) in [5.41, 5.74) is 11.1. The number of benzene rings is 1. The van der Waals surface area contributed by atoms with E-state index in [1.807, 2.05) is 18.9 Å². The predicted molar refractivity (Wildman–Crippen MR) is 89.2 cm³/mol. The molecule has 2 amide bonds. The first-order chi connectivity index (χ1) is 11.0. The van der Waals surface area contributed by atoms with Gasteiger partial charge in [0, 0.05) is 35.2 Å². The fourth-order valence-corrected chi connectivity index (χ4v) is 3.10. The summed E-state index contributed by atoms with van der Waals surface area (Å²) in [4.78, 5) is 27.4. The molecule has 1 aromatic heterocycles. The van der Waals surface area contributed by atoms with E-state index in [1.165, 1.54) is 0 Å². The van der Waals surface area contributed by atoms with Crippen molar-refractivity contribution in [1.82, 2.24) is 15.4 Å². The van der Waals surface area contributed by atoms with Crippen LogP contribution in [0.4, 0.5) is 0 Å². The fourth-order valence-electron chi connectivity index (χ4n) is 3.10. The highest BCUT2D eigenvalue weighted by Crippen LogP contribution is 2.28. The second-order valence-corrected chi connectivity index (χ2v) is 6.33. The van der Waals surface area contributed by atoms with Crippen LogP contribution in [0.25, 0.3) is 10.9 Å². The number of nitrogens with zero attached hydrogens (tertiary/aromatic N) is 1. The molecule has 6 heteroatoms. The zero-order valence-electron chi connectivity index (χ0n) is 13.5. The Labute approximate surface area is 135 Å². The number of aromatic amines is 1. The van der Waals surface area contributed by atoms with Crippen LogP contribution in [0.3, 0.4) is 0 Å². The molecule has 1 aliphatic rings. The van der Waals surface area contributed by atoms with Gasteiger partial charge in [-0.25, -0.2) is 5.01 Å². The van der Waals surface area contributed by atoms with E-state index in [2.05, 4.69) is 10.4 Å². The van der Waals surface area contributed by atoms with Crippen LogP contribution in [0.15, 0.2) is 18.2 Å². The lowest BCUT2D eigenvalue weighted by molar-refractivity contribution is 0.0825. The molecule has 0 atom stereocenters. The van der Waals surface area contributed by atoms with Crippen molar-refractivity contribution in [3.63, 3.8) is 0 Å². The molecule has 1 aliphatic heterocycles. The Balaban J connectivity index is 1.95. The van der Waals surface area contributed by atoms with Crippen LogP contribution in [0.1, 0.15) is 59.0 Å². The highest BCUT2D eigenvalue weighted by Gasteiger charge is 2.20. The lowest BCUT2D eigenvalue weighted by Crippen LogP contribution is -2.39. The Morgan fingerprint density at radius 2 is 1.96 bits per heavy atom. The lowest BCUT2D eigenvalue weighted by atomic mass is 10.0. The smallest absolute Gasteiger partial charge is 0.265 e. The third-order valence-corrected chi connectivity index (χ3v) is 4.28. The molecule has 0 unspecified atom stereocenters. The molecule has 3 rings (SSSR count). The highest BCUT2D eigenvalue weighted by molar-refractivity contribution is 6.09. The van der Waals surface area contributed by atoms with Gasteiger partial charge in [-0.05, 0) is 30.9 Å². The van der Waals surface area contributed by atoms with Crippen LogP contribution in [0, 0.1) is 0 Å². The number of aromatic nitrogens is 1. The zero-order valence-corrected chi connectivity index (χ0v) is 13.5. The van der Waals surface area contributed by atoms with Crippen molar-refractivity contribution in [1.29, 1.82) is 0 Å². The minimum Gasteiger partial charge on any atom is -0.366 e. The fraction of sp³-hybridized carbons (Fsp3) is 0.412. The van der Waals surface area contributed by atoms with Crippen LogP contribution in [-0.2, 0) is 0 Å². The summed E-state index contributed by atoms with van der Waals surface area (Å²) in [6, 6.07) is 5.30. The van der Waals surface area contributed by atoms with E-state index < -0.39 is 5.91 Å². The SMILES string of the molecule is CC(C)c1[nH]c2cc(C(=O)NN3CCCC3)ccc2c1C(N)=O. The number of nitrogens with two attached hydrogens (primary N) is 1. The molecule has 122 valence electrons. The maximum atomic E-state index is 12.3. The number of fused-ring (bicyclic) bond motifs is 1. The second kappa shape index (κ2) is 6.04. The van der Waals surface area contributed by atoms with Gasteiger partial charge in [0.15, 0.2) is 0 Å². The Kier molecular flexibility index (Phi) is 4.09. The monoisotopic (exact) mass is 314 g/mol. The maximum Gasteiger partial charge on any atom is 0.265 e. The van der Waals surface area contributed by atoms with Crippen molar-refractivity contribution < 1.29 is 9.59 Å². The van der Waals surface area contributed by atoms with Gasteiger partial charge in [0.05, 0.1) is 5.56 Å². The summed E-state index contributed by atoms with van der Waals surface area (Å²) in [6.07, 6.45) is 2.21. The summed E-state index contributed by atoms with van der Waals surface area (Å²) in [5.74, 6) is -0.434. The number of carbonyl (C=O) groups is 2. The predicted octanol–water partition coefficient (Wildman–Crippen LogP) is 2.13. The second-order valence-electron chi connectivity index (χ2n) is 6.33. The van der Waals surface area contributed by atoms with E-state index in [9.17, 15) is 9.59 Å². The van der Waals surface area contributed by atoms with E-state index in [0.717, 1.165) is 42.5 Å². The molecule has 1 fully saturated rings. The van der Waals surface area contributed by atoms with Crippen molar-refractivity contribution in [3.05, 3.63) is 35.0 Å². The van der Waals surface area contributed by atoms with E-state index >= 15 is 0 Å². The van der Waals surface area contributed by atoms with E-state index in [-0.39, 0.29) is 11.8 Å². The average Bonchev–Trinajstić information content (AvgIpc) is 3.12. The molecule has 2 heterocycles. The molecule has 0 saturated carbocycles. The molecular formula is C17H22N4O2. The van der Waals surface area contributed by atoms with Gasteiger partial charge in [0.25, 0.3) is 11.8 Å². The van der Waals surface area contributed by atoms with Crippen LogP contribution in [-0.4, -0.2) is 34.9 Å². The Morgan fingerprint density at radius 3 is 2.57 bits per heavy atom. The minimum atomic E-state index is -0.450. The number of carbonyl (C=O) groups excluding carboxylic acids is 2. The van der Waals surface area contributed by atoms with Crippen LogP contribution < -0.4 is 11.2 Å². The van der Waals surface area contributed by atoms with Crippen molar-refractivity contribution in [2.75, 3.05) is 13.1 Å². The molecular weight excluding hydrogens is 292 g/mol. The average molecular weight is 314 g/mol. The third-order valence-electron chi connectivity index (χ3n) is 4.28. The zero-order chi connectivity index (χ0) is 16.6. The summed E-state index contributed by atoms with van der Waals surface area (Å²) in [7, 11) is 0. The number of primary amides is 1. The Bertz CT molecular complexity index is 757. The number of H-pyrrole nitrogens is 1. The topological polar surface area (TPSA) is 91.2 Å². The van der Waals surface area contributed by atoms with Gasteiger partial charge in [0.1, 0.15) is 0 Å². The van der Waals surface area contributed by atoms with Crippen molar-refractivity contribution in [2.45, 2.75) is 32.6 Å². The van der Waals surface area contributed by atoms with Gasteiger partial charge in [-0.3, -0.25) is 15.0 Å². The van der Waals surface area contributed by atoms with Crippen molar-refractivity contribution in [2.24, 2.45) is 5.73 Å². The lowest BCUT2D eigenvalue weighted by Gasteiger charge is -2.16. The molecule has 1 saturated heterocycles. The number of amides is 2. The summed E-state index contributed by atoms with van der Waals surface area (Å²) in [5, 5.41) is 2.70. The Morgan fingerprint density at radius 1 is 1.26 bits per heavy atom. The summed E-state index contributed by atoms with van der Waals surface area (Å²) >= 11 is 0. The quantitative estimate of drug-likeness (QED) is 0.807. The van der Waals surface area contributed by atoms with Crippen LogP contribution >= 0.6 is 0 Å². The van der Waals surface area contributed by atoms with E-state index in [0.29, 0.717) is 11.1 Å². The summed E-state index contributed by atoms with van der Waals surface area (Å²) < 4.78 is 0. The number of rotatable bonds is 4. The first-order valence-electron chi connectivity index (χ1n) is 7.98. The molecule has 0 spiro atoms. The standard InChI is InChI=1S/C17H22N4O2/c1-10(2)15-14(16(18)22)12-6-5-11(9-13(12)19-15)17(23)20-21-7-3-4-8-21/h5-6,9-10,19H,3-4,7-8H2,1-2H3,(H2,18,22)(H,20,23). The third kappa shape index (κ3) is 2.94. The van der Waals surface area contributed by atoms with Crippen molar-refractivity contribution in [3.8, 4) is 0 Å². The molecule has 2 aromatic rings. The molecule has 4 N–H and O–H groups in total. The van der Waals surface area contributed by atoms with E-state index in [1.54, 1.807) is 18.2 Å². The van der Waals surface area contributed by atoms with Gasteiger partial charge in [-0.1, -0.05) is 19.9 Å². The van der Waals surface area contributed by atoms with Gasteiger partial charge in [0.2, 0.25) is 0 Å². The molecule has 1 aromatic carbocycles. The van der Waals surface area contributed by atoms with E-state index in [4.69, 9.17) is 5.73 Å².